The molecule has 0 saturated carbocycles. The number of ether oxygens (including phenoxy) is 1. The van der Waals surface area contributed by atoms with Crippen molar-refractivity contribution in [2.24, 2.45) is 0 Å². The van der Waals surface area contributed by atoms with Crippen LogP contribution in [-0.2, 0) is 16.0 Å². The van der Waals surface area contributed by atoms with E-state index >= 15 is 0 Å². The predicted molar refractivity (Wildman–Crippen MR) is 63.9 cm³/mol. The van der Waals surface area contributed by atoms with E-state index < -0.39 is 6.10 Å². The van der Waals surface area contributed by atoms with Crippen molar-refractivity contribution in [1.82, 2.24) is 0 Å². The van der Waals surface area contributed by atoms with Crippen LogP contribution in [0.15, 0.2) is 22.7 Å². The van der Waals surface area contributed by atoms with E-state index in [-0.39, 0.29) is 18.0 Å². The maximum absolute atomic E-state index is 13.5. The van der Waals surface area contributed by atoms with Crippen LogP contribution in [0.1, 0.15) is 18.9 Å². The van der Waals surface area contributed by atoms with E-state index in [1.54, 1.807) is 12.1 Å². The lowest BCUT2D eigenvalue weighted by molar-refractivity contribution is -0.128. The minimum absolute atomic E-state index is 0.0749. The van der Waals surface area contributed by atoms with Crippen LogP contribution >= 0.6 is 15.9 Å². The maximum atomic E-state index is 13.5. The highest BCUT2D eigenvalue weighted by Crippen LogP contribution is 2.16. The molecule has 0 radical (unpaired) electrons. The number of hydrogen-bond donors (Lipinski definition) is 0. The van der Waals surface area contributed by atoms with Gasteiger partial charge in [0.2, 0.25) is 0 Å². The van der Waals surface area contributed by atoms with Crippen molar-refractivity contribution in [3.05, 3.63) is 34.1 Å². The zero-order chi connectivity index (χ0) is 12.1. The summed E-state index contributed by atoms with van der Waals surface area (Å²) in [5.74, 6) is -0.458. The number of ketones is 1. The summed E-state index contributed by atoms with van der Waals surface area (Å²) in [7, 11) is 1.49. The zero-order valence-electron chi connectivity index (χ0n) is 9.30. The summed E-state index contributed by atoms with van der Waals surface area (Å²) in [5.41, 5.74) is 0.406. The highest BCUT2D eigenvalue weighted by molar-refractivity contribution is 9.10. The summed E-state index contributed by atoms with van der Waals surface area (Å²) in [6, 6.07) is 4.69. The van der Waals surface area contributed by atoms with Gasteiger partial charge in [0.05, 0.1) is 0 Å². The van der Waals surface area contributed by atoms with Crippen molar-refractivity contribution in [3.63, 3.8) is 0 Å². The SMILES string of the molecule is CCC(OC)C(=O)Cc1ccc(Br)cc1F. The van der Waals surface area contributed by atoms with Gasteiger partial charge in [-0.15, -0.1) is 0 Å². The highest BCUT2D eigenvalue weighted by atomic mass is 79.9. The molecule has 0 aliphatic rings. The average Bonchev–Trinajstić information content (AvgIpc) is 2.24. The Morgan fingerprint density at radius 1 is 1.56 bits per heavy atom. The fourth-order valence-corrected chi connectivity index (χ4v) is 1.83. The molecule has 88 valence electrons. The minimum Gasteiger partial charge on any atom is -0.374 e. The van der Waals surface area contributed by atoms with Gasteiger partial charge in [-0.3, -0.25) is 4.79 Å². The summed E-state index contributed by atoms with van der Waals surface area (Å²) < 4.78 is 19.1. The monoisotopic (exact) mass is 288 g/mol. The number of benzene rings is 1. The van der Waals surface area contributed by atoms with E-state index in [4.69, 9.17) is 4.74 Å². The topological polar surface area (TPSA) is 26.3 Å². The van der Waals surface area contributed by atoms with Crippen LogP contribution in [0.3, 0.4) is 0 Å². The van der Waals surface area contributed by atoms with Gasteiger partial charge in [0, 0.05) is 18.0 Å². The second-order valence-electron chi connectivity index (χ2n) is 3.51. The molecule has 1 rings (SSSR count). The van der Waals surface area contributed by atoms with E-state index in [1.807, 2.05) is 6.92 Å². The van der Waals surface area contributed by atoms with Crippen LogP contribution in [-0.4, -0.2) is 19.0 Å². The van der Waals surface area contributed by atoms with E-state index in [9.17, 15) is 9.18 Å². The van der Waals surface area contributed by atoms with Crippen molar-refractivity contribution in [2.75, 3.05) is 7.11 Å². The highest BCUT2D eigenvalue weighted by Gasteiger charge is 2.17. The molecule has 0 fully saturated rings. The molecular formula is C12H14BrFO2. The molecule has 0 bridgehead atoms. The lowest BCUT2D eigenvalue weighted by Crippen LogP contribution is -2.24. The molecule has 0 amide bonds. The van der Waals surface area contributed by atoms with Crippen LogP contribution in [0.25, 0.3) is 0 Å². The van der Waals surface area contributed by atoms with E-state index in [2.05, 4.69) is 15.9 Å². The number of halogens is 2. The Bertz CT molecular complexity index is 375. The van der Waals surface area contributed by atoms with Gasteiger partial charge in [-0.05, 0) is 24.1 Å². The molecule has 0 spiro atoms. The fraction of sp³-hybridized carbons (Fsp3) is 0.417. The number of rotatable bonds is 5. The Balaban J connectivity index is 2.76. The first kappa shape index (κ1) is 13.3. The first-order valence-corrected chi connectivity index (χ1v) is 5.87. The van der Waals surface area contributed by atoms with Gasteiger partial charge in [0.15, 0.2) is 5.78 Å². The van der Waals surface area contributed by atoms with Crippen LogP contribution < -0.4 is 0 Å². The molecule has 0 aliphatic heterocycles. The van der Waals surface area contributed by atoms with Crippen molar-refractivity contribution in [1.29, 1.82) is 0 Å². The Morgan fingerprint density at radius 2 is 2.25 bits per heavy atom. The number of Topliss-reactive ketones (excluding diaryl/α,β-unsaturated/α-hetero) is 1. The van der Waals surface area contributed by atoms with Gasteiger partial charge in [-0.1, -0.05) is 28.9 Å². The molecule has 0 saturated heterocycles. The first-order chi connectivity index (χ1) is 7.58. The third kappa shape index (κ3) is 3.39. The van der Waals surface area contributed by atoms with Crippen molar-refractivity contribution in [2.45, 2.75) is 25.9 Å². The van der Waals surface area contributed by atoms with Crippen molar-refractivity contribution < 1.29 is 13.9 Å². The van der Waals surface area contributed by atoms with Crippen LogP contribution in [0.2, 0.25) is 0 Å². The molecule has 0 heterocycles. The minimum atomic E-state index is -0.442. The lowest BCUT2D eigenvalue weighted by Gasteiger charge is -2.11. The quantitative estimate of drug-likeness (QED) is 0.832. The second-order valence-corrected chi connectivity index (χ2v) is 4.43. The molecular weight excluding hydrogens is 275 g/mol. The Morgan fingerprint density at radius 3 is 2.75 bits per heavy atom. The number of hydrogen-bond acceptors (Lipinski definition) is 2. The van der Waals surface area contributed by atoms with Gasteiger partial charge in [-0.25, -0.2) is 4.39 Å². The summed E-state index contributed by atoms with van der Waals surface area (Å²) in [6.45, 7) is 1.87. The number of carbonyl (C=O) groups excluding carboxylic acids is 1. The Hall–Kier alpha value is -0.740. The molecule has 0 aromatic heterocycles. The lowest BCUT2D eigenvalue weighted by atomic mass is 10.0. The van der Waals surface area contributed by atoms with Gasteiger partial charge in [-0.2, -0.15) is 0 Å². The van der Waals surface area contributed by atoms with Gasteiger partial charge < -0.3 is 4.74 Å². The predicted octanol–water partition coefficient (Wildman–Crippen LogP) is 3.12. The van der Waals surface area contributed by atoms with Crippen LogP contribution in [0.4, 0.5) is 4.39 Å². The maximum Gasteiger partial charge on any atom is 0.165 e. The Kier molecular flexibility index (Phi) is 5.09. The average molecular weight is 289 g/mol. The molecule has 2 nitrogen and oxygen atoms in total. The van der Waals surface area contributed by atoms with Gasteiger partial charge in [0.1, 0.15) is 11.9 Å². The van der Waals surface area contributed by atoms with E-state index in [0.29, 0.717) is 16.5 Å². The normalized spacial score (nSPS) is 12.5. The molecule has 0 N–H and O–H groups in total. The summed E-state index contributed by atoms with van der Waals surface area (Å²) in [4.78, 5) is 11.7. The van der Waals surface area contributed by atoms with Crippen molar-refractivity contribution >= 4 is 21.7 Å². The summed E-state index contributed by atoms with van der Waals surface area (Å²) in [6.07, 6.45) is 0.238. The first-order valence-electron chi connectivity index (χ1n) is 5.08. The molecule has 1 aromatic carbocycles. The molecule has 1 unspecified atom stereocenters. The third-order valence-electron chi connectivity index (χ3n) is 2.39. The Labute approximate surface area is 103 Å². The molecule has 4 heteroatoms. The van der Waals surface area contributed by atoms with Crippen LogP contribution in [0.5, 0.6) is 0 Å². The number of methoxy groups -OCH3 is 1. The van der Waals surface area contributed by atoms with E-state index in [0.717, 1.165) is 0 Å². The van der Waals surface area contributed by atoms with Crippen molar-refractivity contribution in [3.8, 4) is 0 Å². The fourth-order valence-electron chi connectivity index (χ4n) is 1.49. The van der Waals surface area contributed by atoms with E-state index in [1.165, 1.54) is 13.2 Å². The third-order valence-corrected chi connectivity index (χ3v) is 2.89. The van der Waals surface area contributed by atoms with Gasteiger partial charge >= 0.3 is 0 Å². The van der Waals surface area contributed by atoms with Crippen LogP contribution in [0, 0.1) is 5.82 Å². The smallest absolute Gasteiger partial charge is 0.165 e. The molecule has 1 atom stereocenters. The second kappa shape index (κ2) is 6.11. The standard InChI is InChI=1S/C12H14BrFO2/c1-3-12(16-2)11(15)6-8-4-5-9(13)7-10(8)14/h4-5,7,12H,3,6H2,1-2H3. The largest absolute Gasteiger partial charge is 0.374 e. The summed E-state index contributed by atoms with van der Waals surface area (Å²) >= 11 is 3.17. The molecule has 1 aromatic rings. The summed E-state index contributed by atoms with van der Waals surface area (Å²) in [5, 5.41) is 0. The van der Waals surface area contributed by atoms with Gasteiger partial charge in [0.25, 0.3) is 0 Å². The molecule has 0 aliphatic carbocycles. The zero-order valence-corrected chi connectivity index (χ0v) is 10.9. The number of carbonyl (C=O) groups is 1. The molecule has 16 heavy (non-hydrogen) atoms.